The van der Waals surface area contributed by atoms with Crippen LogP contribution in [0.5, 0.6) is 0 Å². The van der Waals surface area contributed by atoms with Crippen LogP contribution in [0.1, 0.15) is 38.5 Å². The molecule has 1 aromatic heterocycles. The van der Waals surface area contributed by atoms with Gasteiger partial charge in [-0.2, -0.15) is 0 Å². The van der Waals surface area contributed by atoms with Crippen LogP contribution in [0.15, 0.2) is 12.7 Å². The minimum Gasteiger partial charge on any atom is -0.390 e. The van der Waals surface area contributed by atoms with E-state index in [0.717, 1.165) is 19.3 Å². The lowest BCUT2D eigenvalue weighted by molar-refractivity contribution is -0.156. The van der Waals surface area contributed by atoms with Gasteiger partial charge in [0.2, 0.25) is 0 Å². The van der Waals surface area contributed by atoms with Crippen molar-refractivity contribution < 1.29 is 5.11 Å². The second kappa shape index (κ2) is 2.67. The summed E-state index contributed by atoms with van der Waals surface area (Å²) >= 11 is 0. The first-order valence-electron chi connectivity index (χ1n) is 6.25. The molecule has 0 aromatic carbocycles. The molecule has 1 aromatic rings. The van der Waals surface area contributed by atoms with Crippen LogP contribution in [0.3, 0.4) is 0 Å². The van der Waals surface area contributed by atoms with Gasteiger partial charge in [0.1, 0.15) is 12.7 Å². The van der Waals surface area contributed by atoms with Crippen LogP contribution >= 0.6 is 0 Å². The molecule has 86 valence electrons. The van der Waals surface area contributed by atoms with Crippen molar-refractivity contribution in [2.24, 2.45) is 11.8 Å². The van der Waals surface area contributed by atoms with Gasteiger partial charge < -0.3 is 9.67 Å². The van der Waals surface area contributed by atoms with E-state index in [1.54, 1.807) is 0 Å². The van der Waals surface area contributed by atoms with Gasteiger partial charge in [-0.3, -0.25) is 0 Å². The van der Waals surface area contributed by atoms with E-state index in [2.05, 4.69) is 14.8 Å². The predicted molar refractivity (Wildman–Crippen MR) is 57.6 cm³/mol. The Morgan fingerprint density at radius 3 is 2.25 bits per heavy atom. The van der Waals surface area contributed by atoms with Crippen molar-refractivity contribution in [3.05, 3.63) is 12.7 Å². The fraction of sp³-hybridized carbons (Fsp3) is 0.833. The van der Waals surface area contributed by atoms with Crippen LogP contribution in [0, 0.1) is 11.8 Å². The van der Waals surface area contributed by atoms with Gasteiger partial charge in [-0.15, -0.1) is 10.2 Å². The fourth-order valence-electron chi connectivity index (χ4n) is 4.91. The molecule has 4 bridgehead atoms. The molecular formula is C12H17N3O. The molecule has 4 saturated carbocycles. The van der Waals surface area contributed by atoms with E-state index in [1.165, 1.54) is 19.3 Å². The number of rotatable bonds is 1. The van der Waals surface area contributed by atoms with E-state index < -0.39 is 5.60 Å². The van der Waals surface area contributed by atoms with Gasteiger partial charge in [0, 0.05) is 0 Å². The molecule has 0 spiro atoms. The normalized spacial score (nSPS) is 49.8. The summed E-state index contributed by atoms with van der Waals surface area (Å²) in [4.78, 5) is 0. The summed E-state index contributed by atoms with van der Waals surface area (Å²) in [6.07, 6.45) is 10.4. The third-order valence-electron chi connectivity index (χ3n) is 4.97. The Kier molecular flexibility index (Phi) is 1.53. The Balaban J connectivity index is 1.80. The van der Waals surface area contributed by atoms with Gasteiger partial charge in [0.15, 0.2) is 0 Å². The largest absolute Gasteiger partial charge is 0.390 e. The highest BCUT2D eigenvalue weighted by atomic mass is 16.3. The first-order chi connectivity index (χ1) is 7.68. The van der Waals surface area contributed by atoms with Crippen LogP contribution in [0.4, 0.5) is 0 Å². The number of aromatic nitrogens is 3. The molecule has 2 atom stereocenters. The van der Waals surface area contributed by atoms with E-state index in [1.807, 2.05) is 12.7 Å². The van der Waals surface area contributed by atoms with Crippen LogP contribution in [-0.2, 0) is 5.54 Å². The molecular weight excluding hydrogens is 202 g/mol. The molecule has 0 aliphatic heterocycles. The first-order valence-corrected chi connectivity index (χ1v) is 6.25. The van der Waals surface area contributed by atoms with E-state index >= 15 is 0 Å². The predicted octanol–water partition coefficient (Wildman–Crippen LogP) is 1.32. The Bertz CT molecular complexity index is 400. The zero-order chi connectivity index (χ0) is 10.8. The van der Waals surface area contributed by atoms with Crippen molar-refractivity contribution in [1.29, 1.82) is 0 Å². The lowest BCUT2D eigenvalue weighted by Gasteiger charge is -2.60. The molecule has 5 rings (SSSR count). The van der Waals surface area contributed by atoms with E-state index in [4.69, 9.17) is 0 Å². The number of hydrogen-bond acceptors (Lipinski definition) is 3. The molecule has 0 saturated heterocycles. The Hall–Kier alpha value is -0.900. The molecule has 0 radical (unpaired) electrons. The van der Waals surface area contributed by atoms with E-state index in [0.29, 0.717) is 11.8 Å². The molecule has 0 amide bonds. The van der Waals surface area contributed by atoms with E-state index in [-0.39, 0.29) is 5.54 Å². The van der Waals surface area contributed by atoms with Gasteiger partial charge in [-0.1, -0.05) is 0 Å². The average molecular weight is 219 g/mol. The number of hydrogen-bond donors (Lipinski definition) is 1. The maximum absolute atomic E-state index is 10.6. The molecule has 16 heavy (non-hydrogen) atoms. The average Bonchev–Trinajstić information content (AvgIpc) is 2.65. The maximum atomic E-state index is 10.6. The molecule has 4 nitrogen and oxygen atoms in total. The van der Waals surface area contributed by atoms with Crippen LogP contribution in [0.2, 0.25) is 0 Å². The summed E-state index contributed by atoms with van der Waals surface area (Å²) in [7, 11) is 0. The van der Waals surface area contributed by atoms with Crippen LogP contribution in [-0.4, -0.2) is 25.5 Å². The van der Waals surface area contributed by atoms with Crippen molar-refractivity contribution >= 4 is 0 Å². The van der Waals surface area contributed by atoms with Crippen molar-refractivity contribution in [2.45, 2.75) is 49.7 Å². The highest BCUT2D eigenvalue weighted by Gasteiger charge is 2.57. The molecule has 1 N–H and O–H groups in total. The maximum Gasteiger partial charge on any atom is 0.119 e. The lowest BCUT2D eigenvalue weighted by atomic mass is 9.51. The SMILES string of the molecule is OC12C[C@@H]3C[C@@H](C1)CC(n1cnnc1)(C3)C2. The van der Waals surface area contributed by atoms with Crippen molar-refractivity contribution in [2.75, 3.05) is 0 Å². The minimum absolute atomic E-state index is 0.127. The molecule has 1 heterocycles. The summed E-state index contributed by atoms with van der Waals surface area (Å²) in [5.41, 5.74) is -0.267. The number of nitrogens with zero attached hydrogens (tertiary/aromatic N) is 3. The highest BCUT2D eigenvalue weighted by Crippen LogP contribution is 2.60. The Labute approximate surface area is 94.7 Å². The summed E-state index contributed by atoms with van der Waals surface area (Å²) in [5.74, 6) is 1.43. The van der Waals surface area contributed by atoms with E-state index in [9.17, 15) is 5.11 Å². The second-order valence-corrected chi connectivity index (χ2v) is 6.28. The minimum atomic E-state index is -0.394. The third kappa shape index (κ3) is 1.08. The smallest absolute Gasteiger partial charge is 0.119 e. The van der Waals surface area contributed by atoms with Crippen molar-refractivity contribution in [1.82, 2.24) is 14.8 Å². The second-order valence-electron chi connectivity index (χ2n) is 6.28. The summed E-state index contributed by atoms with van der Waals surface area (Å²) in [5, 5.41) is 18.5. The molecule has 4 fully saturated rings. The zero-order valence-electron chi connectivity index (χ0n) is 9.34. The summed E-state index contributed by atoms with van der Waals surface area (Å²) in [6.45, 7) is 0. The van der Waals surface area contributed by atoms with Gasteiger partial charge in [0.05, 0.1) is 11.1 Å². The topological polar surface area (TPSA) is 50.9 Å². The Morgan fingerprint density at radius 2 is 1.69 bits per heavy atom. The zero-order valence-corrected chi connectivity index (χ0v) is 9.34. The summed E-state index contributed by atoms with van der Waals surface area (Å²) in [6, 6.07) is 0. The molecule has 4 aliphatic rings. The number of aliphatic hydroxyl groups is 1. The molecule has 4 aliphatic carbocycles. The van der Waals surface area contributed by atoms with Crippen molar-refractivity contribution in [3.8, 4) is 0 Å². The van der Waals surface area contributed by atoms with Gasteiger partial charge >= 0.3 is 0 Å². The highest BCUT2D eigenvalue weighted by molar-refractivity contribution is 5.11. The first kappa shape index (κ1) is 9.16. The van der Waals surface area contributed by atoms with Crippen LogP contribution in [0.25, 0.3) is 0 Å². The standard InChI is InChI=1S/C12H17N3O/c16-12-4-9-1-10(5-12)3-11(2-9,6-12)15-7-13-14-8-15/h7-10,16H,1-6H2/t9-,10-,11?,12?/m1/s1. The van der Waals surface area contributed by atoms with Crippen LogP contribution < -0.4 is 0 Å². The third-order valence-corrected chi connectivity index (χ3v) is 4.97. The molecule has 0 unspecified atom stereocenters. The van der Waals surface area contributed by atoms with Gasteiger partial charge in [0.25, 0.3) is 0 Å². The lowest BCUT2D eigenvalue weighted by Crippen LogP contribution is -2.59. The van der Waals surface area contributed by atoms with Gasteiger partial charge in [-0.05, 0) is 50.4 Å². The fourth-order valence-corrected chi connectivity index (χ4v) is 4.91. The van der Waals surface area contributed by atoms with Crippen molar-refractivity contribution in [3.63, 3.8) is 0 Å². The quantitative estimate of drug-likeness (QED) is 0.775. The Morgan fingerprint density at radius 1 is 1.06 bits per heavy atom. The summed E-state index contributed by atoms with van der Waals surface area (Å²) < 4.78 is 2.16. The molecule has 4 heteroatoms. The monoisotopic (exact) mass is 219 g/mol. The van der Waals surface area contributed by atoms with Gasteiger partial charge in [-0.25, -0.2) is 0 Å².